The lowest BCUT2D eigenvalue weighted by molar-refractivity contribution is -0.136. The molecule has 13 heavy (non-hydrogen) atoms. The second-order valence-corrected chi connectivity index (χ2v) is 2.02. The van der Waals surface area contributed by atoms with Crippen LogP contribution in [-0.4, -0.2) is 24.1 Å². The molecule has 0 aliphatic heterocycles. The van der Waals surface area contributed by atoms with Gasteiger partial charge >= 0.3 is 5.97 Å². The van der Waals surface area contributed by atoms with Crippen molar-refractivity contribution < 1.29 is 19.4 Å². The molecule has 0 fully saturated rings. The van der Waals surface area contributed by atoms with Crippen molar-refractivity contribution in [2.75, 3.05) is 7.11 Å². The summed E-state index contributed by atoms with van der Waals surface area (Å²) < 4.78 is 4.28. The number of aliphatic hydroxyl groups is 1. The summed E-state index contributed by atoms with van der Waals surface area (Å²) >= 11 is 0. The van der Waals surface area contributed by atoms with E-state index < -0.39 is 17.8 Å². The molecule has 0 aliphatic rings. The Bertz CT molecular complexity index is 270. The molecule has 0 atom stereocenters. The molecule has 0 aliphatic carbocycles. The van der Waals surface area contributed by atoms with Gasteiger partial charge in [0.05, 0.1) is 7.11 Å². The number of nitrogens with one attached hydrogen (secondary N) is 1. The number of carbonyl (C=O) groups excluding carboxylic acids is 2. The molecule has 1 amide bonds. The first-order valence-corrected chi connectivity index (χ1v) is 3.21. The predicted molar refractivity (Wildman–Crippen MR) is 44.2 cm³/mol. The Morgan fingerprint density at radius 1 is 1.62 bits per heavy atom. The van der Waals surface area contributed by atoms with Gasteiger partial charge in [-0.2, -0.15) is 0 Å². The third-order valence-electron chi connectivity index (χ3n) is 0.971. The predicted octanol–water partition coefficient (Wildman–Crippen LogP) is -0.853. The van der Waals surface area contributed by atoms with Gasteiger partial charge in [0, 0.05) is 6.08 Å². The van der Waals surface area contributed by atoms with E-state index in [4.69, 9.17) is 10.8 Å². The lowest BCUT2D eigenvalue weighted by atomic mass is 10.4. The van der Waals surface area contributed by atoms with Gasteiger partial charge < -0.3 is 20.9 Å². The number of ether oxygens (including phenoxy) is 1. The number of hydrogen-bond donors (Lipinski definition) is 3. The summed E-state index contributed by atoms with van der Waals surface area (Å²) in [5.41, 5.74) is 4.51. The Morgan fingerprint density at radius 3 is 2.46 bits per heavy atom. The van der Waals surface area contributed by atoms with Gasteiger partial charge in [0.15, 0.2) is 5.88 Å². The first-order valence-electron chi connectivity index (χ1n) is 3.21. The Kier molecular flexibility index (Phi) is 4.08. The van der Waals surface area contributed by atoms with E-state index in [-0.39, 0.29) is 5.70 Å². The summed E-state index contributed by atoms with van der Waals surface area (Å²) in [5, 5.41) is 10.8. The highest BCUT2D eigenvalue weighted by Crippen LogP contribution is 1.94. The highest BCUT2D eigenvalue weighted by atomic mass is 16.5. The highest BCUT2D eigenvalue weighted by molar-refractivity contribution is 5.97. The molecule has 0 aromatic heterocycles. The summed E-state index contributed by atoms with van der Waals surface area (Å²) in [5.74, 6) is -2.15. The SMILES string of the molecule is C=C(O)NC(=CC(N)=O)C(=O)OC. The molecule has 0 aromatic carbocycles. The number of hydrogen-bond acceptors (Lipinski definition) is 5. The van der Waals surface area contributed by atoms with E-state index in [1.54, 1.807) is 0 Å². The zero-order valence-corrected chi connectivity index (χ0v) is 7.03. The molecule has 72 valence electrons. The molecule has 0 unspecified atom stereocenters. The molecular weight excluding hydrogens is 176 g/mol. The van der Waals surface area contributed by atoms with Crippen LogP contribution in [-0.2, 0) is 14.3 Å². The van der Waals surface area contributed by atoms with Crippen LogP contribution >= 0.6 is 0 Å². The lowest BCUT2D eigenvalue weighted by Crippen LogP contribution is -2.23. The highest BCUT2D eigenvalue weighted by Gasteiger charge is 2.10. The van der Waals surface area contributed by atoms with Crippen molar-refractivity contribution in [3.63, 3.8) is 0 Å². The summed E-state index contributed by atoms with van der Waals surface area (Å²) in [7, 11) is 1.12. The fraction of sp³-hybridized carbons (Fsp3) is 0.143. The molecular formula is C7H10N2O4. The molecule has 0 saturated carbocycles. The van der Waals surface area contributed by atoms with Gasteiger partial charge in [0.25, 0.3) is 0 Å². The maximum Gasteiger partial charge on any atom is 0.354 e. The van der Waals surface area contributed by atoms with Crippen molar-refractivity contribution in [2.24, 2.45) is 5.73 Å². The maximum absolute atomic E-state index is 10.9. The van der Waals surface area contributed by atoms with E-state index in [2.05, 4.69) is 16.6 Å². The largest absolute Gasteiger partial charge is 0.495 e. The zero-order chi connectivity index (χ0) is 10.4. The molecule has 4 N–H and O–H groups in total. The Morgan fingerprint density at radius 2 is 2.15 bits per heavy atom. The molecule has 0 rings (SSSR count). The fourth-order valence-electron chi connectivity index (χ4n) is 0.554. The van der Waals surface area contributed by atoms with Gasteiger partial charge in [0.2, 0.25) is 5.91 Å². The minimum absolute atomic E-state index is 0.275. The van der Waals surface area contributed by atoms with Crippen molar-refractivity contribution in [2.45, 2.75) is 0 Å². The number of aliphatic hydroxyl groups excluding tert-OH is 1. The van der Waals surface area contributed by atoms with Crippen LogP contribution in [0.25, 0.3) is 0 Å². The van der Waals surface area contributed by atoms with Crippen LogP contribution in [0.4, 0.5) is 0 Å². The Hall–Kier alpha value is -1.98. The average molecular weight is 186 g/mol. The van der Waals surface area contributed by atoms with Crippen molar-refractivity contribution in [1.82, 2.24) is 5.32 Å². The molecule has 0 aromatic rings. The number of primary amides is 1. The summed E-state index contributed by atoms with van der Waals surface area (Å²) in [6.45, 7) is 3.06. The summed E-state index contributed by atoms with van der Waals surface area (Å²) in [4.78, 5) is 21.3. The third-order valence-corrected chi connectivity index (χ3v) is 0.971. The van der Waals surface area contributed by atoms with E-state index in [1.807, 2.05) is 0 Å². The van der Waals surface area contributed by atoms with Gasteiger partial charge in [-0.1, -0.05) is 0 Å². The second-order valence-electron chi connectivity index (χ2n) is 2.02. The fourth-order valence-corrected chi connectivity index (χ4v) is 0.554. The van der Waals surface area contributed by atoms with Crippen molar-refractivity contribution in [1.29, 1.82) is 0 Å². The average Bonchev–Trinajstić information content (AvgIpc) is 2.00. The first kappa shape index (κ1) is 11.0. The van der Waals surface area contributed by atoms with Crippen LogP contribution < -0.4 is 11.1 Å². The van der Waals surface area contributed by atoms with Crippen molar-refractivity contribution >= 4 is 11.9 Å². The summed E-state index contributed by atoms with van der Waals surface area (Å²) in [6.07, 6.45) is 0.785. The number of esters is 1. The van der Waals surface area contributed by atoms with E-state index in [0.717, 1.165) is 13.2 Å². The third kappa shape index (κ3) is 4.46. The molecule has 0 bridgehead atoms. The topological polar surface area (TPSA) is 102 Å². The summed E-state index contributed by atoms with van der Waals surface area (Å²) in [6, 6.07) is 0. The van der Waals surface area contributed by atoms with Crippen LogP contribution in [0.2, 0.25) is 0 Å². The minimum atomic E-state index is -0.839. The zero-order valence-electron chi connectivity index (χ0n) is 7.03. The van der Waals surface area contributed by atoms with Gasteiger partial charge in [-0.15, -0.1) is 0 Å². The number of methoxy groups -OCH3 is 1. The van der Waals surface area contributed by atoms with Crippen LogP contribution in [0.5, 0.6) is 0 Å². The second kappa shape index (κ2) is 4.81. The molecule has 6 nitrogen and oxygen atoms in total. The minimum Gasteiger partial charge on any atom is -0.495 e. The normalized spacial score (nSPS) is 10.4. The van der Waals surface area contributed by atoms with Crippen LogP contribution in [0.1, 0.15) is 0 Å². The molecule has 0 spiro atoms. The van der Waals surface area contributed by atoms with Gasteiger partial charge in [-0.3, -0.25) is 4.79 Å². The van der Waals surface area contributed by atoms with Crippen LogP contribution in [0, 0.1) is 0 Å². The van der Waals surface area contributed by atoms with Gasteiger partial charge in [0.1, 0.15) is 5.70 Å². The standard InChI is InChI=1S/C7H10N2O4/c1-4(10)9-5(3-6(8)11)7(12)13-2/h3,9-10H,1H2,2H3,(H2,8,11). The maximum atomic E-state index is 10.9. The first-order chi connectivity index (χ1) is 5.97. The molecule has 0 radical (unpaired) electrons. The van der Waals surface area contributed by atoms with Crippen molar-refractivity contribution in [3.05, 3.63) is 24.2 Å². The Labute approximate surface area is 74.7 Å². The van der Waals surface area contributed by atoms with Crippen LogP contribution in [0.3, 0.4) is 0 Å². The smallest absolute Gasteiger partial charge is 0.354 e. The van der Waals surface area contributed by atoms with E-state index >= 15 is 0 Å². The molecule has 0 saturated heterocycles. The number of amides is 1. The van der Waals surface area contributed by atoms with Gasteiger partial charge in [-0.05, 0) is 6.58 Å². The lowest BCUT2D eigenvalue weighted by Gasteiger charge is -2.05. The van der Waals surface area contributed by atoms with Gasteiger partial charge in [-0.25, -0.2) is 4.79 Å². The Balaban J connectivity index is 4.65. The quantitative estimate of drug-likeness (QED) is 0.301. The number of rotatable bonds is 4. The van der Waals surface area contributed by atoms with Crippen LogP contribution in [0.15, 0.2) is 24.2 Å². The monoisotopic (exact) mass is 186 g/mol. The van der Waals surface area contributed by atoms with E-state index in [9.17, 15) is 9.59 Å². The number of nitrogens with two attached hydrogens (primary N) is 1. The van der Waals surface area contributed by atoms with E-state index in [1.165, 1.54) is 0 Å². The molecule has 6 heteroatoms. The van der Waals surface area contributed by atoms with Crippen molar-refractivity contribution in [3.8, 4) is 0 Å². The van der Waals surface area contributed by atoms with E-state index in [0.29, 0.717) is 0 Å². The number of carbonyl (C=O) groups is 2. The molecule has 0 heterocycles.